The maximum atomic E-state index is 12.4. The number of aromatic nitrogens is 1. The van der Waals surface area contributed by atoms with Crippen LogP contribution in [-0.4, -0.2) is 38.2 Å². The van der Waals surface area contributed by atoms with Gasteiger partial charge in [0.15, 0.2) is 0 Å². The fourth-order valence-electron chi connectivity index (χ4n) is 2.56. The van der Waals surface area contributed by atoms with Gasteiger partial charge in [0.05, 0.1) is 10.5 Å². The van der Waals surface area contributed by atoms with Crippen molar-refractivity contribution in [3.63, 3.8) is 0 Å². The highest BCUT2D eigenvalue weighted by Crippen LogP contribution is 2.25. The summed E-state index contributed by atoms with van der Waals surface area (Å²) in [6.07, 6.45) is 2.93. The Morgan fingerprint density at radius 1 is 1.48 bits per heavy atom. The molecule has 0 spiro atoms. The van der Waals surface area contributed by atoms with Crippen LogP contribution in [0.25, 0.3) is 0 Å². The van der Waals surface area contributed by atoms with Gasteiger partial charge in [0.25, 0.3) is 0 Å². The van der Waals surface area contributed by atoms with Crippen molar-refractivity contribution in [1.82, 2.24) is 15.0 Å². The lowest BCUT2D eigenvalue weighted by atomic mass is 9.95. The van der Waals surface area contributed by atoms with Crippen molar-refractivity contribution in [3.8, 4) is 0 Å². The van der Waals surface area contributed by atoms with Gasteiger partial charge in [0, 0.05) is 31.1 Å². The number of aromatic amines is 1. The van der Waals surface area contributed by atoms with E-state index < -0.39 is 10.0 Å². The molecule has 21 heavy (non-hydrogen) atoms. The molecule has 0 aromatic carbocycles. The number of hydrogen-bond donors (Lipinski definition) is 3. The molecule has 1 aromatic heterocycles. The maximum Gasteiger partial charge on any atom is 0.242 e. The van der Waals surface area contributed by atoms with Crippen LogP contribution in [0, 0.1) is 0 Å². The fourth-order valence-corrected chi connectivity index (χ4v) is 3.84. The maximum absolute atomic E-state index is 12.4. The molecule has 1 fully saturated rings. The largest absolute Gasteiger partial charge is 0.375 e. The molecule has 7 heteroatoms. The van der Waals surface area contributed by atoms with Crippen LogP contribution in [0.2, 0.25) is 0 Å². The third-order valence-electron chi connectivity index (χ3n) is 3.61. The zero-order valence-electron chi connectivity index (χ0n) is 12.9. The van der Waals surface area contributed by atoms with E-state index in [2.05, 4.69) is 15.0 Å². The number of hydrogen-bond acceptors (Lipinski definition) is 4. The van der Waals surface area contributed by atoms with Gasteiger partial charge in [0.1, 0.15) is 0 Å². The molecule has 3 N–H and O–H groups in total. The van der Waals surface area contributed by atoms with Crippen LogP contribution in [0.5, 0.6) is 0 Å². The van der Waals surface area contributed by atoms with Gasteiger partial charge in [-0.25, -0.2) is 13.1 Å². The number of ether oxygens (including phenoxy) is 1. The molecule has 1 aromatic rings. The van der Waals surface area contributed by atoms with E-state index in [9.17, 15) is 8.42 Å². The highest BCUT2D eigenvalue weighted by atomic mass is 32.2. The van der Waals surface area contributed by atoms with Crippen LogP contribution in [-0.2, 0) is 21.3 Å². The molecular weight excluding hydrogens is 290 g/mol. The number of sulfonamides is 1. The first kappa shape index (κ1) is 16.5. The Balaban J connectivity index is 2.02. The second-order valence-corrected chi connectivity index (χ2v) is 7.77. The molecule has 1 aliphatic heterocycles. The van der Waals surface area contributed by atoms with E-state index in [0.717, 1.165) is 12.2 Å². The summed E-state index contributed by atoms with van der Waals surface area (Å²) in [6, 6.07) is 1.60. The summed E-state index contributed by atoms with van der Waals surface area (Å²) in [5, 5.41) is 3.16. The van der Waals surface area contributed by atoms with E-state index in [0.29, 0.717) is 30.9 Å². The minimum atomic E-state index is -3.48. The SMILES string of the molecule is CCNCc1cc(S(=O)(=O)NC2CCOC(C)(C)C2)c[nH]1. The molecular formula is C14H25N3O3S. The standard InChI is InChI=1S/C14H25N3O3S/c1-4-15-9-12-7-13(10-16-12)21(18,19)17-11-5-6-20-14(2,3)8-11/h7,10-11,15-17H,4-6,8-9H2,1-3H3. The van der Waals surface area contributed by atoms with Crippen LogP contribution in [0.15, 0.2) is 17.2 Å². The predicted molar refractivity (Wildman–Crippen MR) is 81.5 cm³/mol. The Kier molecular flexibility index (Phi) is 5.08. The highest BCUT2D eigenvalue weighted by molar-refractivity contribution is 7.89. The van der Waals surface area contributed by atoms with Crippen LogP contribution >= 0.6 is 0 Å². The van der Waals surface area contributed by atoms with Gasteiger partial charge in [-0.05, 0) is 39.3 Å². The van der Waals surface area contributed by atoms with Crippen molar-refractivity contribution in [2.24, 2.45) is 0 Å². The van der Waals surface area contributed by atoms with E-state index in [1.54, 1.807) is 12.3 Å². The Morgan fingerprint density at radius 2 is 2.24 bits per heavy atom. The van der Waals surface area contributed by atoms with Crippen molar-refractivity contribution < 1.29 is 13.2 Å². The highest BCUT2D eigenvalue weighted by Gasteiger charge is 2.31. The Bertz CT molecular complexity index is 566. The van der Waals surface area contributed by atoms with Gasteiger partial charge in [-0.2, -0.15) is 0 Å². The fraction of sp³-hybridized carbons (Fsp3) is 0.714. The average molecular weight is 315 g/mol. The van der Waals surface area contributed by atoms with Gasteiger partial charge >= 0.3 is 0 Å². The third-order valence-corrected chi connectivity index (χ3v) is 5.11. The van der Waals surface area contributed by atoms with E-state index in [-0.39, 0.29) is 11.6 Å². The number of H-pyrrole nitrogens is 1. The molecule has 1 atom stereocenters. The van der Waals surface area contributed by atoms with Crippen molar-refractivity contribution in [1.29, 1.82) is 0 Å². The van der Waals surface area contributed by atoms with Crippen molar-refractivity contribution >= 4 is 10.0 Å². The van der Waals surface area contributed by atoms with Gasteiger partial charge < -0.3 is 15.0 Å². The van der Waals surface area contributed by atoms with E-state index in [4.69, 9.17) is 4.74 Å². The molecule has 0 saturated carbocycles. The van der Waals surface area contributed by atoms with Gasteiger partial charge in [-0.15, -0.1) is 0 Å². The van der Waals surface area contributed by atoms with Gasteiger partial charge in [0.2, 0.25) is 10.0 Å². The predicted octanol–water partition coefficient (Wildman–Crippen LogP) is 1.36. The van der Waals surface area contributed by atoms with Crippen molar-refractivity contribution in [2.75, 3.05) is 13.2 Å². The summed E-state index contributed by atoms with van der Waals surface area (Å²) in [7, 11) is -3.48. The van der Waals surface area contributed by atoms with Crippen LogP contribution in [0.3, 0.4) is 0 Å². The molecule has 0 amide bonds. The molecule has 2 heterocycles. The summed E-state index contributed by atoms with van der Waals surface area (Å²) >= 11 is 0. The smallest absolute Gasteiger partial charge is 0.242 e. The Morgan fingerprint density at radius 3 is 2.90 bits per heavy atom. The Hall–Kier alpha value is -0.890. The Labute approximate surface area is 126 Å². The van der Waals surface area contributed by atoms with E-state index in [1.165, 1.54) is 0 Å². The van der Waals surface area contributed by atoms with Gasteiger partial charge in [-0.3, -0.25) is 0 Å². The third kappa shape index (κ3) is 4.54. The molecule has 1 unspecified atom stereocenters. The summed E-state index contributed by atoms with van der Waals surface area (Å²) < 4.78 is 33.2. The first-order valence-electron chi connectivity index (χ1n) is 7.37. The average Bonchev–Trinajstić information content (AvgIpc) is 2.84. The summed E-state index contributed by atoms with van der Waals surface area (Å²) in [5.74, 6) is 0. The topological polar surface area (TPSA) is 83.2 Å². The van der Waals surface area contributed by atoms with Crippen LogP contribution < -0.4 is 10.0 Å². The summed E-state index contributed by atoms with van der Waals surface area (Å²) in [5.41, 5.74) is 0.587. The van der Waals surface area contributed by atoms with E-state index >= 15 is 0 Å². The molecule has 2 rings (SSSR count). The van der Waals surface area contributed by atoms with E-state index in [1.807, 2.05) is 20.8 Å². The summed E-state index contributed by atoms with van der Waals surface area (Å²) in [4.78, 5) is 3.29. The minimum Gasteiger partial charge on any atom is -0.375 e. The van der Waals surface area contributed by atoms with Crippen LogP contribution in [0.4, 0.5) is 0 Å². The summed E-state index contributed by atoms with van der Waals surface area (Å²) in [6.45, 7) is 8.04. The second-order valence-electron chi connectivity index (χ2n) is 6.06. The van der Waals surface area contributed by atoms with Crippen molar-refractivity contribution in [2.45, 2.75) is 56.7 Å². The van der Waals surface area contributed by atoms with Crippen LogP contribution in [0.1, 0.15) is 39.3 Å². The first-order valence-corrected chi connectivity index (χ1v) is 8.85. The lowest BCUT2D eigenvalue weighted by Crippen LogP contribution is -2.45. The minimum absolute atomic E-state index is 0.0779. The molecule has 0 aliphatic carbocycles. The molecule has 120 valence electrons. The zero-order valence-corrected chi connectivity index (χ0v) is 13.7. The molecule has 1 aliphatic rings. The monoisotopic (exact) mass is 315 g/mol. The first-order chi connectivity index (χ1) is 9.82. The second kappa shape index (κ2) is 6.48. The van der Waals surface area contributed by atoms with Gasteiger partial charge in [-0.1, -0.05) is 6.92 Å². The molecule has 0 bridgehead atoms. The lowest BCUT2D eigenvalue weighted by molar-refractivity contribution is -0.0599. The quantitative estimate of drug-likeness (QED) is 0.740. The molecule has 6 nitrogen and oxygen atoms in total. The molecule has 1 saturated heterocycles. The number of rotatable bonds is 6. The number of nitrogens with one attached hydrogen (secondary N) is 3. The normalized spacial score (nSPS) is 22.3. The molecule has 0 radical (unpaired) electrons. The zero-order chi connectivity index (χ0) is 15.5. The van der Waals surface area contributed by atoms with Crippen molar-refractivity contribution in [3.05, 3.63) is 18.0 Å². The lowest BCUT2D eigenvalue weighted by Gasteiger charge is -2.35.